The summed E-state index contributed by atoms with van der Waals surface area (Å²) in [6.07, 6.45) is -2.99. The Morgan fingerprint density at radius 3 is 2.62 bits per heavy atom. The first kappa shape index (κ1) is 19.7. The molecule has 1 heterocycles. The van der Waals surface area contributed by atoms with Crippen molar-refractivity contribution < 1.29 is 27.4 Å². The van der Waals surface area contributed by atoms with Crippen molar-refractivity contribution in [3.05, 3.63) is 59.3 Å². The van der Waals surface area contributed by atoms with Gasteiger partial charge in [0.1, 0.15) is 6.61 Å². The summed E-state index contributed by atoms with van der Waals surface area (Å²) in [5, 5.41) is 2.66. The van der Waals surface area contributed by atoms with E-state index in [0.29, 0.717) is 24.7 Å². The third-order valence-corrected chi connectivity index (χ3v) is 3.44. The number of hydrogen-bond acceptors (Lipinski definition) is 4. The molecule has 0 saturated carbocycles. The number of nitrogens with zero attached hydrogens (tertiary/aromatic N) is 1. The van der Waals surface area contributed by atoms with Gasteiger partial charge in [0.05, 0.1) is 18.6 Å². The number of carbonyl (C=O) groups excluding carboxylic acids is 1. The van der Waals surface area contributed by atoms with Crippen molar-refractivity contribution >= 4 is 5.91 Å². The fraction of sp³-hybridized carbons (Fsp3) is 0.333. The molecule has 0 spiro atoms. The van der Waals surface area contributed by atoms with Crippen molar-refractivity contribution in [2.45, 2.75) is 19.1 Å². The molecule has 5 nitrogen and oxygen atoms in total. The molecule has 1 N–H and O–H groups in total. The van der Waals surface area contributed by atoms with Crippen LogP contribution in [-0.4, -0.2) is 31.2 Å². The zero-order valence-corrected chi connectivity index (χ0v) is 14.2. The highest BCUT2D eigenvalue weighted by molar-refractivity contribution is 5.78. The standard InChI is InChI=1S/C18H19F3N2O3/c1-25-7-8-26-17-6-5-14(12-23-17)11-22-16(24)10-13-3-2-4-15(9-13)18(19,20)21/h2-6,9,12H,7-8,10-11H2,1H3,(H,22,24). The number of aromatic nitrogens is 1. The first-order chi connectivity index (χ1) is 12.4. The van der Waals surface area contributed by atoms with Crippen molar-refractivity contribution in [2.24, 2.45) is 0 Å². The van der Waals surface area contributed by atoms with Crippen LogP contribution in [0.15, 0.2) is 42.6 Å². The van der Waals surface area contributed by atoms with Crippen LogP contribution in [0.2, 0.25) is 0 Å². The molecule has 0 aliphatic carbocycles. The van der Waals surface area contributed by atoms with Gasteiger partial charge in [-0.2, -0.15) is 13.2 Å². The second-order valence-corrected chi connectivity index (χ2v) is 5.50. The lowest BCUT2D eigenvalue weighted by atomic mass is 10.1. The van der Waals surface area contributed by atoms with E-state index < -0.39 is 11.7 Å². The van der Waals surface area contributed by atoms with Crippen LogP contribution in [0.5, 0.6) is 5.88 Å². The Morgan fingerprint density at radius 2 is 1.96 bits per heavy atom. The quantitative estimate of drug-likeness (QED) is 0.728. The smallest absolute Gasteiger partial charge is 0.416 e. The maximum atomic E-state index is 12.7. The Hall–Kier alpha value is -2.61. The zero-order valence-electron chi connectivity index (χ0n) is 14.2. The van der Waals surface area contributed by atoms with Gasteiger partial charge in [0.15, 0.2) is 0 Å². The third-order valence-electron chi connectivity index (χ3n) is 3.44. The predicted molar refractivity (Wildman–Crippen MR) is 88.6 cm³/mol. The number of halogens is 3. The lowest BCUT2D eigenvalue weighted by Crippen LogP contribution is -2.24. The van der Waals surface area contributed by atoms with Crippen molar-refractivity contribution in [1.82, 2.24) is 10.3 Å². The summed E-state index contributed by atoms with van der Waals surface area (Å²) in [4.78, 5) is 16.0. The summed E-state index contributed by atoms with van der Waals surface area (Å²) in [6.45, 7) is 1.06. The molecule has 0 bridgehead atoms. The largest absolute Gasteiger partial charge is 0.475 e. The first-order valence-corrected chi connectivity index (χ1v) is 7.88. The highest BCUT2D eigenvalue weighted by Gasteiger charge is 2.30. The molecule has 1 aromatic heterocycles. The monoisotopic (exact) mass is 368 g/mol. The summed E-state index contributed by atoms with van der Waals surface area (Å²) in [6, 6.07) is 8.15. The second kappa shape index (κ2) is 9.19. The molecular formula is C18H19F3N2O3. The minimum atomic E-state index is -4.43. The van der Waals surface area contributed by atoms with Crippen LogP contribution in [-0.2, 0) is 28.7 Å². The van der Waals surface area contributed by atoms with Crippen LogP contribution in [0.3, 0.4) is 0 Å². The van der Waals surface area contributed by atoms with E-state index in [1.165, 1.54) is 12.1 Å². The van der Waals surface area contributed by atoms with Gasteiger partial charge in [0.2, 0.25) is 11.8 Å². The van der Waals surface area contributed by atoms with E-state index in [4.69, 9.17) is 9.47 Å². The first-order valence-electron chi connectivity index (χ1n) is 7.88. The average Bonchev–Trinajstić information content (AvgIpc) is 2.61. The van der Waals surface area contributed by atoms with E-state index in [0.717, 1.165) is 17.7 Å². The molecule has 0 atom stereocenters. The molecule has 8 heteroatoms. The Morgan fingerprint density at radius 1 is 1.15 bits per heavy atom. The number of rotatable bonds is 8. The topological polar surface area (TPSA) is 60.5 Å². The van der Waals surface area contributed by atoms with Gasteiger partial charge in [0.25, 0.3) is 0 Å². The van der Waals surface area contributed by atoms with Crippen LogP contribution >= 0.6 is 0 Å². The molecule has 140 valence electrons. The summed E-state index contributed by atoms with van der Waals surface area (Å²) in [7, 11) is 1.57. The number of methoxy groups -OCH3 is 1. The normalized spacial score (nSPS) is 11.2. The number of hydrogen-bond donors (Lipinski definition) is 1. The third kappa shape index (κ3) is 6.36. The van der Waals surface area contributed by atoms with E-state index in [1.54, 1.807) is 25.4 Å². The lowest BCUT2D eigenvalue weighted by molar-refractivity contribution is -0.137. The molecule has 1 amide bonds. The highest BCUT2D eigenvalue weighted by atomic mass is 19.4. The zero-order chi connectivity index (χ0) is 19.0. The summed E-state index contributed by atoms with van der Waals surface area (Å²) in [5.41, 5.74) is 0.287. The summed E-state index contributed by atoms with van der Waals surface area (Å²) < 4.78 is 48.2. The van der Waals surface area contributed by atoms with E-state index in [-0.39, 0.29) is 18.9 Å². The molecule has 2 rings (SSSR count). The predicted octanol–water partition coefficient (Wildman–Crippen LogP) is 2.98. The number of alkyl halides is 3. The van der Waals surface area contributed by atoms with Crippen molar-refractivity contribution in [2.75, 3.05) is 20.3 Å². The molecule has 0 aliphatic rings. The minimum absolute atomic E-state index is 0.129. The molecule has 1 aromatic carbocycles. The van der Waals surface area contributed by atoms with Gasteiger partial charge in [0, 0.05) is 25.9 Å². The molecule has 0 radical (unpaired) electrons. The van der Waals surface area contributed by atoms with Crippen LogP contribution in [0.4, 0.5) is 13.2 Å². The van der Waals surface area contributed by atoms with Gasteiger partial charge < -0.3 is 14.8 Å². The van der Waals surface area contributed by atoms with Gasteiger partial charge in [-0.15, -0.1) is 0 Å². The van der Waals surface area contributed by atoms with Gasteiger partial charge in [-0.3, -0.25) is 4.79 Å². The Bertz CT molecular complexity index is 718. The number of pyridine rings is 1. The van der Waals surface area contributed by atoms with E-state index in [1.807, 2.05) is 0 Å². The fourth-order valence-corrected chi connectivity index (χ4v) is 2.14. The number of amides is 1. The van der Waals surface area contributed by atoms with Crippen LogP contribution < -0.4 is 10.1 Å². The van der Waals surface area contributed by atoms with Crippen molar-refractivity contribution in [1.29, 1.82) is 0 Å². The van der Waals surface area contributed by atoms with Gasteiger partial charge in [-0.1, -0.05) is 24.3 Å². The number of nitrogens with one attached hydrogen (secondary N) is 1. The van der Waals surface area contributed by atoms with Crippen LogP contribution in [0, 0.1) is 0 Å². The van der Waals surface area contributed by atoms with E-state index >= 15 is 0 Å². The molecule has 26 heavy (non-hydrogen) atoms. The molecule has 0 saturated heterocycles. The Balaban J connectivity index is 1.83. The molecular weight excluding hydrogens is 349 g/mol. The van der Waals surface area contributed by atoms with Crippen molar-refractivity contribution in [3.8, 4) is 5.88 Å². The van der Waals surface area contributed by atoms with E-state index in [2.05, 4.69) is 10.3 Å². The average molecular weight is 368 g/mol. The SMILES string of the molecule is COCCOc1ccc(CNC(=O)Cc2cccc(C(F)(F)F)c2)cn1. The Kier molecular flexibility index (Phi) is 6.97. The van der Waals surface area contributed by atoms with Crippen LogP contribution in [0.25, 0.3) is 0 Å². The maximum absolute atomic E-state index is 12.7. The number of benzene rings is 1. The fourth-order valence-electron chi connectivity index (χ4n) is 2.14. The van der Waals surface area contributed by atoms with Crippen LogP contribution in [0.1, 0.15) is 16.7 Å². The summed E-state index contributed by atoms with van der Waals surface area (Å²) >= 11 is 0. The number of ether oxygens (including phenoxy) is 2. The summed E-state index contributed by atoms with van der Waals surface area (Å²) in [5.74, 6) is 0.0748. The molecule has 0 unspecified atom stereocenters. The molecule has 0 fully saturated rings. The minimum Gasteiger partial charge on any atom is -0.475 e. The molecule has 0 aliphatic heterocycles. The molecule has 2 aromatic rings. The van der Waals surface area contributed by atoms with Gasteiger partial charge in [-0.05, 0) is 17.2 Å². The van der Waals surface area contributed by atoms with Gasteiger partial charge in [-0.25, -0.2) is 4.98 Å². The van der Waals surface area contributed by atoms with Crippen molar-refractivity contribution in [3.63, 3.8) is 0 Å². The lowest BCUT2D eigenvalue weighted by Gasteiger charge is -2.09. The van der Waals surface area contributed by atoms with Gasteiger partial charge >= 0.3 is 6.18 Å². The number of carbonyl (C=O) groups is 1. The second-order valence-electron chi connectivity index (χ2n) is 5.50. The van der Waals surface area contributed by atoms with E-state index in [9.17, 15) is 18.0 Å². The maximum Gasteiger partial charge on any atom is 0.416 e. The Labute approximate surface area is 149 Å². The highest BCUT2D eigenvalue weighted by Crippen LogP contribution is 2.29.